The SMILES string of the molecule is CC(=O)OC(CCCCCc1cn(C)nn1)C(c1ccccc1)c1ccccc1.O=S=O. The smallest absolute Gasteiger partial charge is 0.335 e. The minimum absolute atomic E-state index is 0.0290. The van der Waals surface area contributed by atoms with Gasteiger partial charge < -0.3 is 4.74 Å². The van der Waals surface area contributed by atoms with Crippen LogP contribution in [0.4, 0.5) is 0 Å². The molecular weight excluding hydrogens is 426 g/mol. The summed E-state index contributed by atoms with van der Waals surface area (Å²) in [6, 6.07) is 20.6. The molecule has 0 aliphatic rings. The molecule has 0 saturated heterocycles. The predicted octanol–water partition coefficient (Wildman–Crippen LogP) is 4.01. The van der Waals surface area contributed by atoms with Crippen molar-refractivity contribution >= 4 is 17.5 Å². The van der Waals surface area contributed by atoms with Crippen molar-refractivity contribution < 1.29 is 17.9 Å². The average Bonchev–Trinajstić information content (AvgIpc) is 3.20. The summed E-state index contributed by atoms with van der Waals surface area (Å²) >= 11 is -0.750. The van der Waals surface area contributed by atoms with Crippen LogP contribution in [0, 0.1) is 0 Å². The molecule has 0 fully saturated rings. The maximum atomic E-state index is 11.9. The molecule has 0 aliphatic carbocycles. The molecule has 2 aromatic carbocycles. The van der Waals surface area contributed by atoms with E-state index < -0.39 is 11.6 Å². The van der Waals surface area contributed by atoms with E-state index in [9.17, 15) is 4.79 Å². The third-order valence-corrected chi connectivity index (χ3v) is 5.08. The van der Waals surface area contributed by atoms with Gasteiger partial charge in [0.05, 0.1) is 5.69 Å². The molecular formula is C24H29N3O4S. The van der Waals surface area contributed by atoms with Crippen LogP contribution in [0.3, 0.4) is 0 Å². The highest BCUT2D eigenvalue weighted by Crippen LogP contribution is 2.32. The Labute approximate surface area is 192 Å². The highest BCUT2D eigenvalue weighted by atomic mass is 32.1. The lowest BCUT2D eigenvalue weighted by atomic mass is 9.84. The molecule has 0 amide bonds. The summed E-state index contributed by atoms with van der Waals surface area (Å²) in [6.07, 6.45) is 6.63. The molecule has 0 N–H and O–H groups in total. The van der Waals surface area contributed by atoms with E-state index in [-0.39, 0.29) is 18.0 Å². The van der Waals surface area contributed by atoms with E-state index >= 15 is 0 Å². The van der Waals surface area contributed by atoms with Crippen molar-refractivity contribution in [2.24, 2.45) is 7.05 Å². The quantitative estimate of drug-likeness (QED) is 0.339. The normalized spacial score (nSPS) is 11.3. The number of rotatable bonds is 10. The maximum Gasteiger partial charge on any atom is 0.335 e. The van der Waals surface area contributed by atoms with Crippen LogP contribution < -0.4 is 0 Å². The van der Waals surface area contributed by atoms with Gasteiger partial charge in [-0.05, 0) is 36.8 Å². The van der Waals surface area contributed by atoms with Gasteiger partial charge in [-0.15, -0.1) is 5.10 Å². The van der Waals surface area contributed by atoms with Crippen molar-refractivity contribution in [1.82, 2.24) is 15.0 Å². The van der Waals surface area contributed by atoms with Crippen molar-refractivity contribution in [3.8, 4) is 0 Å². The highest BCUT2D eigenvalue weighted by Gasteiger charge is 2.27. The van der Waals surface area contributed by atoms with E-state index in [0.717, 1.165) is 37.8 Å². The molecule has 1 aromatic heterocycles. The van der Waals surface area contributed by atoms with Crippen LogP contribution in [0.25, 0.3) is 0 Å². The van der Waals surface area contributed by atoms with Crippen LogP contribution in [-0.4, -0.2) is 35.5 Å². The van der Waals surface area contributed by atoms with Crippen molar-refractivity contribution in [2.45, 2.75) is 51.0 Å². The van der Waals surface area contributed by atoms with Crippen LogP contribution in [0.5, 0.6) is 0 Å². The average molecular weight is 456 g/mol. The predicted molar refractivity (Wildman–Crippen MR) is 122 cm³/mol. The second-order valence-electron chi connectivity index (χ2n) is 7.50. The Morgan fingerprint density at radius 1 is 0.969 bits per heavy atom. The van der Waals surface area contributed by atoms with Crippen LogP contribution in [0.15, 0.2) is 66.9 Å². The number of hydrogen-bond donors (Lipinski definition) is 0. The molecule has 1 heterocycles. The minimum atomic E-state index is -0.750. The van der Waals surface area contributed by atoms with Gasteiger partial charge in [-0.3, -0.25) is 9.48 Å². The van der Waals surface area contributed by atoms with E-state index in [0.29, 0.717) is 0 Å². The lowest BCUT2D eigenvalue weighted by molar-refractivity contribution is -0.147. The van der Waals surface area contributed by atoms with Gasteiger partial charge in [0.2, 0.25) is 0 Å². The Morgan fingerprint density at radius 2 is 1.53 bits per heavy atom. The van der Waals surface area contributed by atoms with Gasteiger partial charge in [0.1, 0.15) is 6.10 Å². The van der Waals surface area contributed by atoms with Gasteiger partial charge in [0.25, 0.3) is 0 Å². The molecule has 0 aliphatic heterocycles. The minimum Gasteiger partial charge on any atom is -0.462 e. The summed E-state index contributed by atoms with van der Waals surface area (Å²) < 4.78 is 24.1. The molecule has 0 radical (unpaired) electrons. The first-order valence-corrected chi connectivity index (χ1v) is 11.3. The van der Waals surface area contributed by atoms with Crippen molar-refractivity contribution in [3.05, 3.63) is 83.7 Å². The fourth-order valence-electron chi connectivity index (χ4n) is 3.79. The number of carbonyl (C=O) groups is 1. The zero-order valence-electron chi connectivity index (χ0n) is 18.4. The lowest BCUT2D eigenvalue weighted by Crippen LogP contribution is -2.25. The number of esters is 1. The third-order valence-electron chi connectivity index (χ3n) is 5.08. The number of nitrogens with zero attached hydrogens (tertiary/aromatic N) is 3. The van der Waals surface area contributed by atoms with Crippen molar-refractivity contribution in [2.75, 3.05) is 0 Å². The van der Waals surface area contributed by atoms with E-state index in [1.807, 2.05) is 49.6 Å². The van der Waals surface area contributed by atoms with E-state index in [1.165, 1.54) is 18.1 Å². The number of benzene rings is 2. The third kappa shape index (κ3) is 8.55. The number of carbonyl (C=O) groups excluding carboxylic acids is 1. The van der Waals surface area contributed by atoms with Crippen molar-refractivity contribution in [1.29, 1.82) is 0 Å². The van der Waals surface area contributed by atoms with E-state index in [4.69, 9.17) is 13.2 Å². The van der Waals surface area contributed by atoms with E-state index in [1.54, 1.807) is 4.68 Å². The second-order valence-corrected chi connectivity index (χ2v) is 7.63. The number of unbranched alkanes of at least 4 members (excludes halogenated alkanes) is 2. The molecule has 3 aromatic rings. The molecule has 32 heavy (non-hydrogen) atoms. The van der Waals surface area contributed by atoms with Crippen LogP contribution in [0.1, 0.15) is 55.3 Å². The Morgan fingerprint density at radius 3 is 2.00 bits per heavy atom. The Hall–Kier alpha value is -3.13. The molecule has 3 rings (SSSR count). The highest BCUT2D eigenvalue weighted by molar-refractivity contribution is 7.51. The molecule has 170 valence electrons. The Kier molecular flexibility index (Phi) is 11.0. The molecule has 0 bridgehead atoms. The number of aromatic nitrogens is 3. The Balaban J connectivity index is 0.00000114. The number of aryl methyl sites for hydroxylation is 2. The summed E-state index contributed by atoms with van der Waals surface area (Å²) in [5, 5.41) is 8.12. The monoisotopic (exact) mass is 455 g/mol. The zero-order valence-corrected chi connectivity index (χ0v) is 19.2. The Bertz CT molecular complexity index is 934. The van der Waals surface area contributed by atoms with Gasteiger partial charge in [-0.2, -0.15) is 8.42 Å². The van der Waals surface area contributed by atoms with Gasteiger partial charge in [-0.25, -0.2) is 0 Å². The first-order chi connectivity index (χ1) is 15.5. The number of ether oxygens (including phenoxy) is 1. The number of hydrogen-bond acceptors (Lipinski definition) is 6. The van der Waals surface area contributed by atoms with Gasteiger partial charge in [0.15, 0.2) is 0 Å². The van der Waals surface area contributed by atoms with E-state index in [2.05, 4.69) is 34.6 Å². The first-order valence-electron chi connectivity index (χ1n) is 10.6. The molecule has 1 atom stereocenters. The molecule has 1 unspecified atom stereocenters. The fraction of sp³-hybridized carbons (Fsp3) is 0.375. The summed E-state index contributed by atoms with van der Waals surface area (Å²) in [7, 11) is 1.88. The maximum absolute atomic E-state index is 11.9. The molecule has 0 spiro atoms. The zero-order chi connectivity index (χ0) is 23.2. The van der Waals surface area contributed by atoms with Crippen LogP contribution >= 0.6 is 0 Å². The van der Waals surface area contributed by atoms with Crippen LogP contribution in [-0.2, 0) is 34.6 Å². The summed E-state index contributed by atoms with van der Waals surface area (Å²) in [4.78, 5) is 11.9. The summed E-state index contributed by atoms with van der Waals surface area (Å²) in [5.74, 6) is -0.201. The van der Waals surface area contributed by atoms with Crippen molar-refractivity contribution in [3.63, 3.8) is 0 Å². The largest absolute Gasteiger partial charge is 0.462 e. The first kappa shape index (κ1) is 25.1. The topological polar surface area (TPSA) is 91.2 Å². The van der Waals surface area contributed by atoms with Gasteiger partial charge in [0, 0.05) is 26.1 Å². The second kappa shape index (κ2) is 14.0. The molecule has 0 saturated carbocycles. The molecule has 7 nitrogen and oxygen atoms in total. The molecule has 8 heteroatoms. The fourth-order valence-corrected chi connectivity index (χ4v) is 3.79. The standard InChI is InChI=1S/C24H29N3O2.O2S/c1-19(28)29-23(17-11-5-10-16-22-18-27(2)26-25-22)24(20-12-6-3-7-13-20)21-14-8-4-9-15-21;1-3-2/h3-4,6-9,12-15,18,23-24H,5,10-11,16-17H2,1-2H3;. The summed E-state index contributed by atoms with van der Waals surface area (Å²) in [6.45, 7) is 1.49. The lowest BCUT2D eigenvalue weighted by Gasteiger charge is -2.28. The van der Waals surface area contributed by atoms with Crippen LogP contribution in [0.2, 0.25) is 0 Å². The van der Waals surface area contributed by atoms with Gasteiger partial charge in [-0.1, -0.05) is 72.3 Å². The summed E-state index contributed by atoms with van der Waals surface area (Å²) in [5.41, 5.74) is 3.37. The van der Waals surface area contributed by atoms with Gasteiger partial charge >= 0.3 is 17.5 Å².